The molecule has 0 aliphatic carbocycles. The number of aromatic nitrogens is 3. The molecule has 0 aromatic carbocycles. The summed E-state index contributed by atoms with van der Waals surface area (Å²) in [7, 11) is 0. The number of nitrogens with two attached hydrogens (primary N) is 1. The number of nitriles is 1. The van der Waals surface area contributed by atoms with E-state index in [2.05, 4.69) is 20.3 Å². The monoisotopic (exact) mass is 461 g/mol. The number of aliphatic hydroxyl groups is 3. The molecule has 4 atom stereocenters. The van der Waals surface area contributed by atoms with E-state index in [1.54, 1.807) is 6.07 Å². The number of hydrogen-bond donors (Lipinski definition) is 5. The molecule has 4 rings (SSSR count). The van der Waals surface area contributed by atoms with Gasteiger partial charge in [0.2, 0.25) is 5.60 Å². The third-order valence-corrected chi connectivity index (χ3v) is 6.12. The first-order valence-corrected chi connectivity index (χ1v) is 10.7. The summed E-state index contributed by atoms with van der Waals surface area (Å²) < 4.78 is 12.2. The van der Waals surface area contributed by atoms with Crippen molar-refractivity contribution in [2.75, 3.05) is 38.5 Å². The van der Waals surface area contributed by atoms with Crippen LogP contribution in [0.25, 0.3) is 5.52 Å². The molecule has 0 spiro atoms. The molecule has 1 amide bonds. The summed E-state index contributed by atoms with van der Waals surface area (Å²) in [5, 5.41) is 47.3. The van der Waals surface area contributed by atoms with E-state index >= 15 is 0 Å². The van der Waals surface area contributed by atoms with Crippen LogP contribution < -0.4 is 11.1 Å². The number of amides is 1. The zero-order valence-corrected chi connectivity index (χ0v) is 17.9. The molecule has 2 aliphatic rings. The molecule has 2 saturated heterocycles. The van der Waals surface area contributed by atoms with Crippen LogP contribution in [0.15, 0.2) is 18.5 Å². The van der Waals surface area contributed by atoms with Crippen LogP contribution in [0.2, 0.25) is 0 Å². The molecule has 0 saturated carbocycles. The maximum Gasteiger partial charge on any atom is 0.407 e. The fourth-order valence-corrected chi connectivity index (χ4v) is 4.22. The van der Waals surface area contributed by atoms with Crippen LogP contribution in [0, 0.1) is 11.3 Å². The third kappa shape index (κ3) is 4.43. The molecule has 2 fully saturated rings. The van der Waals surface area contributed by atoms with Gasteiger partial charge in [-0.2, -0.15) is 10.4 Å². The van der Waals surface area contributed by atoms with Crippen molar-refractivity contribution in [2.24, 2.45) is 0 Å². The Balaban J connectivity index is 1.35. The van der Waals surface area contributed by atoms with Gasteiger partial charge in [-0.15, -0.1) is 0 Å². The normalized spacial score (nSPS) is 28.6. The molecular formula is C20H27N7O6. The van der Waals surface area contributed by atoms with E-state index in [-0.39, 0.29) is 24.2 Å². The molecule has 0 bridgehead atoms. The van der Waals surface area contributed by atoms with E-state index in [1.165, 1.54) is 16.9 Å². The average molecular weight is 461 g/mol. The van der Waals surface area contributed by atoms with Crippen molar-refractivity contribution in [3.63, 3.8) is 0 Å². The van der Waals surface area contributed by atoms with Gasteiger partial charge in [0, 0.05) is 26.2 Å². The van der Waals surface area contributed by atoms with Crippen molar-refractivity contribution in [3.05, 3.63) is 24.2 Å². The van der Waals surface area contributed by atoms with Crippen LogP contribution in [-0.4, -0.2) is 98.1 Å². The zero-order valence-electron chi connectivity index (χ0n) is 17.9. The minimum Gasteiger partial charge on any atom is -0.447 e. The minimum absolute atomic E-state index is 0.166. The number of aliphatic hydroxyl groups excluding tert-OH is 3. The molecule has 0 unspecified atom stereocenters. The van der Waals surface area contributed by atoms with Crippen LogP contribution in [0.1, 0.15) is 18.5 Å². The fourth-order valence-electron chi connectivity index (χ4n) is 4.22. The SMILES string of the molecule is N#C[C@@]1(c2ccc3c(N)ncnn23)O[C@H](COC(=O)NCCN2CCC(O)CC2)[C@@H](O)[C@H]1O. The van der Waals surface area contributed by atoms with Gasteiger partial charge in [0.25, 0.3) is 0 Å². The van der Waals surface area contributed by atoms with E-state index in [0.29, 0.717) is 31.4 Å². The number of likely N-dealkylation sites (tertiary alicyclic amines) is 1. The van der Waals surface area contributed by atoms with Crippen molar-refractivity contribution in [1.82, 2.24) is 24.8 Å². The van der Waals surface area contributed by atoms with Crippen molar-refractivity contribution < 1.29 is 29.6 Å². The average Bonchev–Trinajstić information content (AvgIpc) is 3.35. The molecule has 4 heterocycles. The number of ether oxygens (including phenoxy) is 2. The molecule has 2 aliphatic heterocycles. The molecule has 178 valence electrons. The Kier molecular flexibility index (Phi) is 6.63. The van der Waals surface area contributed by atoms with Gasteiger partial charge in [-0.25, -0.2) is 14.3 Å². The van der Waals surface area contributed by atoms with Crippen molar-refractivity contribution in [3.8, 4) is 6.07 Å². The van der Waals surface area contributed by atoms with E-state index in [4.69, 9.17) is 15.2 Å². The number of nitrogens with zero attached hydrogens (tertiary/aromatic N) is 5. The molecule has 2 aromatic rings. The highest BCUT2D eigenvalue weighted by Crippen LogP contribution is 2.40. The third-order valence-electron chi connectivity index (χ3n) is 6.12. The van der Waals surface area contributed by atoms with Gasteiger partial charge < -0.3 is 40.7 Å². The number of piperidine rings is 1. The largest absolute Gasteiger partial charge is 0.447 e. The lowest BCUT2D eigenvalue weighted by molar-refractivity contribution is -0.0659. The van der Waals surface area contributed by atoms with Gasteiger partial charge in [-0.05, 0) is 25.0 Å². The van der Waals surface area contributed by atoms with Gasteiger partial charge in [-0.1, -0.05) is 0 Å². The second-order valence-electron chi connectivity index (χ2n) is 8.20. The summed E-state index contributed by atoms with van der Waals surface area (Å²) in [5.74, 6) is 0.176. The van der Waals surface area contributed by atoms with Gasteiger partial charge >= 0.3 is 6.09 Å². The maximum absolute atomic E-state index is 12.1. The number of fused-ring (bicyclic) bond motifs is 1. The minimum atomic E-state index is -1.95. The number of carbonyl (C=O) groups excluding carboxylic acids is 1. The second kappa shape index (κ2) is 9.46. The van der Waals surface area contributed by atoms with Crippen molar-refractivity contribution in [1.29, 1.82) is 5.26 Å². The first-order chi connectivity index (χ1) is 15.9. The summed E-state index contributed by atoms with van der Waals surface area (Å²) in [6.07, 6.45) is -2.60. The highest BCUT2D eigenvalue weighted by molar-refractivity contribution is 5.67. The smallest absolute Gasteiger partial charge is 0.407 e. The molecule has 0 radical (unpaired) electrons. The highest BCUT2D eigenvalue weighted by atomic mass is 16.6. The Morgan fingerprint density at radius 2 is 2.12 bits per heavy atom. The standard InChI is InChI=1S/C20H27N7O6/c21-10-20(15-2-1-13-18(22)24-11-25-27(13)15)17(30)16(29)14(33-20)9-32-19(31)23-5-8-26-6-3-12(28)4-7-26/h1-2,11-12,14,16-17,28-30H,3-9H2,(H,23,31)(H2,22,24,25)/t14-,16-,17-,20+/m1/s1. The number of rotatable bonds is 6. The van der Waals surface area contributed by atoms with Crippen LogP contribution in [0.5, 0.6) is 0 Å². The number of nitrogens with one attached hydrogen (secondary N) is 1. The predicted molar refractivity (Wildman–Crippen MR) is 113 cm³/mol. The number of hydrogen-bond acceptors (Lipinski definition) is 11. The fraction of sp³-hybridized carbons (Fsp3) is 0.600. The van der Waals surface area contributed by atoms with Crippen LogP contribution in [0.3, 0.4) is 0 Å². The topological polar surface area (TPSA) is 191 Å². The van der Waals surface area contributed by atoms with Gasteiger partial charge in [0.1, 0.15) is 42.8 Å². The van der Waals surface area contributed by atoms with Crippen molar-refractivity contribution >= 4 is 17.4 Å². The molecule has 13 nitrogen and oxygen atoms in total. The van der Waals surface area contributed by atoms with E-state index in [0.717, 1.165) is 13.1 Å². The predicted octanol–water partition coefficient (Wildman–Crippen LogP) is -1.67. The Bertz CT molecular complexity index is 1030. The Morgan fingerprint density at radius 3 is 2.85 bits per heavy atom. The first kappa shape index (κ1) is 23.1. The van der Waals surface area contributed by atoms with Crippen LogP contribution in [0.4, 0.5) is 10.6 Å². The Morgan fingerprint density at radius 1 is 1.36 bits per heavy atom. The molecular weight excluding hydrogens is 434 g/mol. The first-order valence-electron chi connectivity index (χ1n) is 10.7. The quantitative estimate of drug-likeness (QED) is 0.330. The number of carbonyl (C=O) groups is 1. The number of nitrogen functional groups attached to an aromatic ring is 1. The lowest BCUT2D eigenvalue weighted by atomic mass is 9.92. The lowest BCUT2D eigenvalue weighted by Gasteiger charge is -2.29. The van der Waals surface area contributed by atoms with E-state index in [1.807, 2.05) is 6.07 Å². The molecule has 6 N–H and O–H groups in total. The summed E-state index contributed by atoms with van der Waals surface area (Å²) in [4.78, 5) is 18.1. The molecule has 2 aromatic heterocycles. The van der Waals surface area contributed by atoms with Gasteiger partial charge in [0.15, 0.2) is 5.82 Å². The maximum atomic E-state index is 12.1. The van der Waals surface area contributed by atoms with Crippen molar-refractivity contribution in [2.45, 2.75) is 42.9 Å². The van der Waals surface area contributed by atoms with Crippen LogP contribution >= 0.6 is 0 Å². The van der Waals surface area contributed by atoms with E-state index < -0.39 is 30.0 Å². The van der Waals surface area contributed by atoms with Gasteiger partial charge in [-0.3, -0.25) is 0 Å². The second-order valence-corrected chi connectivity index (χ2v) is 8.20. The van der Waals surface area contributed by atoms with Gasteiger partial charge in [0.05, 0.1) is 11.8 Å². The zero-order chi connectivity index (χ0) is 23.6. The Hall–Kier alpha value is -3.02. The Labute approximate surface area is 189 Å². The summed E-state index contributed by atoms with van der Waals surface area (Å²) in [6.45, 7) is 2.13. The van der Waals surface area contributed by atoms with Crippen LogP contribution in [-0.2, 0) is 15.1 Å². The number of anilines is 1. The molecule has 33 heavy (non-hydrogen) atoms. The summed E-state index contributed by atoms with van der Waals surface area (Å²) >= 11 is 0. The van der Waals surface area contributed by atoms with E-state index in [9.17, 15) is 25.4 Å². The summed E-state index contributed by atoms with van der Waals surface area (Å²) in [5.41, 5.74) is 4.46. The highest BCUT2D eigenvalue weighted by Gasteiger charge is 2.57. The lowest BCUT2D eigenvalue weighted by Crippen LogP contribution is -2.42. The molecule has 13 heteroatoms. The number of alkyl carbamates (subject to hydrolysis) is 1. The summed E-state index contributed by atoms with van der Waals surface area (Å²) in [6, 6.07) is 5.01.